The number of nitrogens with one attached hydrogen (secondary N) is 5. The van der Waals surface area contributed by atoms with Crippen LogP contribution in [0.3, 0.4) is 0 Å². The molecule has 5 N–H and O–H groups in total. The summed E-state index contributed by atoms with van der Waals surface area (Å²) in [5.41, 5.74) is 1.21. The number of amides is 2. The minimum atomic E-state index is -0.00406. The van der Waals surface area contributed by atoms with E-state index in [1.165, 1.54) is 57.2 Å². The highest BCUT2D eigenvalue weighted by molar-refractivity contribution is 5.74. The number of carbonyl (C=O) groups excluding carboxylic acids is 1. The second-order valence-corrected chi connectivity index (χ2v) is 11.5. The third-order valence-corrected chi connectivity index (χ3v) is 8.55. The third-order valence-electron chi connectivity index (χ3n) is 8.55. The van der Waals surface area contributed by atoms with Gasteiger partial charge in [0.25, 0.3) is 0 Å². The molecule has 2 amide bonds. The van der Waals surface area contributed by atoms with Crippen LogP contribution in [0.15, 0.2) is 18.3 Å². The minimum Gasteiger partial charge on any atom is -0.351 e. The fourth-order valence-electron chi connectivity index (χ4n) is 6.35. The predicted octanol–water partition coefficient (Wildman–Crippen LogP) is 4.25. The number of likely N-dealkylation sites (tertiary alicyclic amines) is 1. The molecule has 3 saturated carbocycles. The molecule has 200 valence electrons. The zero-order valence-corrected chi connectivity index (χ0v) is 21.7. The van der Waals surface area contributed by atoms with Gasteiger partial charge in [-0.3, -0.25) is 10.00 Å². The first-order chi connectivity index (χ1) is 18.2. The number of carbonyl (C=O) groups is 1. The maximum absolute atomic E-state index is 12.6. The fourth-order valence-corrected chi connectivity index (χ4v) is 6.35. The van der Waals surface area contributed by atoms with Crippen molar-refractivity contribution in [3.63, 3.8) is 0 Å². The van der Waals surface area contributed by atoms with Crippen molar-refractivity contribution in [2.45, 2.75) is 107 Å². The molecule has 10 heteroatoms. The van der Waals surface area contributed by atoms with E-state index in [2.05, 4.69) is 52.4 Å². The quantitative estimate of drug-likeness (QED) is 0.362. The van der Waals surface area contributed by atoms with Crippen LogP contribution >= 0.6 is 0 Å². The van der Waals surface area contributed by atoms with Crippen LogP contribution in [-0.2, 0) is 0 Å². The van der Waals surface area contributed by atoms with Crippen molar-refractivity contribution < 1.29 is 4.79 Å². The molecule has 2 aromatic heterocycles. The Labute approximate surface area is 219 Å². The Bertz CT molecular complexity index is 1040. The second-order valence-electron chi connectivity index (χ2n) is 11.5. The lowest BCUT2D eigenvalue weighted by Crippen LogP contribution is -2.53. The molecular weight excluding hydrogens is 466 g/mol. The monoisotopic (exact) mass is 507 g/mol. The molecule has 1 atom stereocenters. The van der Waals surface area contributed by atoms with Gasteiger partial charge in [-0.1, -0.05) is 12.8 Å². The summed E-state index contributed by atoms with van der Waals surface area (Å²) in [6.07, 6.45) is 15.7. The first-order valence-electron chi connectivity index (χ1n) is 14.4. The van der Waals surface area contributed by atoms with E-state index in [1.54, 1.807) is 6.20 Å². The van der Waals surface area contributed by atoms with Crippen LogP contribution in [0.2, 0.25) is 0 Å². The zero-order valence-electron chi connectivity index (χ0n) is 21.7. The molecule has 4 fully saturated rings. The lowest BCUT2D eigenvalue weighted by molar-refractivity contribution is 0.177. The van der Waals surface area contributed by atoms with E-state index in [-0.39, 0.29) is 18.1 Å². The van der Waals surface area contributed by atoms with Crippen molar-refractivity contribution in [2.75, 3.05) is 23.7 Å². The number of rotatable bonds is 8. The summed E-state index contributed by atoms with van der Waals surface area (Å²) in [6.45, 7) is 2.19. The van der Waals surface area contributed by atoms with Gasteiger partial charge in [0.15, 0.2) is 5.82 Å². The highest BCUT2D eigenvalue weighted by atomic mass is 16.2. The molecule has 4 aliphatic rings. The number of urea groups is 1. The highest BCUT2D eigenvalue weighted by Gasteiger charge is 2.33. The van der Waals surface area contributed by atoms with Gasteiger partial charge in [-0.2, -0.15) is 10.1 Å². The molecule has 3 heterocycles. The summed E-state index contributed by atoms with van der Waals surface area (Å²) in [5, 5.41) is 20.9. The predicted molar refractivity (Wildman–Crippen MR) is 144 cm³/mol. The first-order valence-corrected chi connectivity index (χ1v) is 14.4. The Morgan fingerprint density at radius 1 is 0.892 bits per heavy atom. The van der Waals surface area contributed by atoms with E-state index in [4.69, 9.17) is 0 Å². The number of hydrogen-bond acceptors (Lipinski definition) is 7. The molecule has 0 spiro atoms. The Kier molecular flexibility index (Phi) is 7.43. The molecule has 3 aliphatic carbocycles. The highest BCUT2D eigenvalue weighted by Crippen LogP contribution is 2.34. The van der Waals surface area contributed by atoms with E-state index < -0.39 is 0 Å². The first kappa shape index (κ1) is 24.5. The van der Waals surface area contributed by atoms with Crippen LogP contribution in [0.5, 0.6) is 0 Å². The second kappa shape index (κ2) is 11.2. The maximum atomic E-state index is 12.6. The summed E-state index contributed by atoms with van der Waals surface area (Å²) in [5.74, 6) is 2.76. The average molecular weight is 508 g/mol. The van der Waals surface area contributed by atoms with E-state index in [0.717, 1.165) is 56.3 Å². The molecular formula is C27H41N9O. The van der Waals surface area contributed by atoms with Gasteiger partial charge in [-0.15, -0.1) is 0 Å². The van der Waals surface area contributed by atoms with Crippen LogP contribution in [0.1, 0.15) is 88.7 Å². The van der Waals surface area contributed by atoms with E-state index in [1.807, 2.05) is 6.07 Å². The molecule has 1 unspecified atom stereocenters. The molecule has 0 aromatic carbocycles. The summed E-state index contributed by atoms with van der Waals surface area (Å²) in [6, 6.07) is 5.55. The maximum Gasteiger partial charge on any atom is 0.315 e. The molecule has 10 nitrogen and oxygen atoms in total. The summed E-state index contributed by atoms with van der Waals surface area (Å²) >= 11 is 0. The Hall–Kier alpha value is -2.88. The van der Waals surface area contributed by atoms with Gasteiger partial charge in [-0.25, -0.2) is 9.78 Å². The molecule has 1 saturated heterocycles. The van der Waals surface area contributed by atoms with E-state index in [9.17, 15) is 4.79 Å². The SMILES string of the molecule is O=C(NC1CCC(Nc2nccc(Nc3cc(C4CCCC4)[nH]n3)n2)CC1)NC1CCCN(C2CC2)C1. The van der Waals surface area contributed by atoms with Gasteiger partial charge >= 0.3 is 6.03 Å². The normalized spacial score (nSPS) is 27.1. The minimum absolute atomic E-state index is 0.00406. The van der Waals surface area contributed by atoms with Crippen molar-refractivity contribution in [1.82, 2.24) is 35.7 Å². The van der Waals surface area contributed by atoms with Gasteiger partial charge in [0.2, 0.25) is 5.95 Å². The number of aromatic nitrogens is 4. The zero-order chi connectivity index (χ0) is 25.0. The van der Waals surface area contributed by atoms with Gasteiger partial charge < -0.3 is 21.3 Å². The summed E-state index contributed by atoms with van der Waals surface area (Å²) in [4.78, 5) is 24.3. The van der Waals surface area contributed by atoms with Crippen LogP contribution in [0.4, 0.5) is 22.4 Å². The number of aromatic amines is 1. The smallest absolute Gasteiger partial charge is 0.315 e. The Morgan fingerprint density at radius 2 is 1.68 bits per heavy atom. The number of nitrogens with zero attached hydrogens (tertiary/aromatic N) is 4. The average Bonchev–Trinajstić information content (AvgIpc) is 3.41. The summed E-state index contributed by atoms with van der Waals surface area (Å²) < 4.78 is 0. The molecule has 0 radical (unpaired) electrons. The fraction of sp³-hybridized carbons (Fsp3) is 0.704. The van der Waals surface area contributed by atoms with Crippen molar-refractivity contribution in [3.8, 4) is 0 Å². The van der Waals surface area contributed by atoms with Gasteiger partial charge in [-0.05, 0) is 76.8 Å². The number of H-pyrrole nitrogens is 1. The van der Waals surface area contributed by atoms with Crippen LogP contribution < -0.4 is 21.3 Å². The molecule has 6 rings (SSSR count). The standard InChI is InChI=1S/C27H41N9O/c37-27(31-21-6-3-15-36(17-21)22-11-12-22)30-20-9-7-19(8-10-20)29-26-28-14-13-24(33-26)32-25-16-23(34-35-25)18-4-1-2-5-18/h13-14,16,18-22H,1-12,15,17H2,(H2,30,31,37)(H3,28,29,32,33,34,35). The third kappa shape index (κ3) is 6.52. The number of hydrogen-bond donors (Lipinski definition) is 5. The van der Waals surface area contributed by atoms with Crippen LogP contribution in [0.25, 0.3) is 0 Å². The van der Waals surface area contributed by atoms with E-state index >= 15 is 0 Å². The number of anilines is 3. The molecule has 1 aliphatic heterocycles. The van der Waals surface area contributed by atoms with E-state index in [0.29, 0.717) is 17.9 Å². The van der Waals surface area contributed by atoms with Crippen molar-refractivity contribution >= 4 is 23.6 Å². The lowest BCUT2D eigenvalue weighted by Gasteiger charge is -2.34. The van der Waals surface area contributed by atoms with Crippen molar-refractivity contribution in [2.24, 2.45) is 0 Å². The van der Waals surface area contributed by atoms with Gasteiger partial charge in [0.1, 0.15) is 5.82 Å². The Morgan fingerprint density at radius 3 is 2.49 bits per heavy atom. The largest absolute Gasteiger partial charge is 0.351 e. The topological polar surface area (TPSA) is 123 Å². The van der Waals surface area contributed by atoms with Gasteiger partial charge in [0, 0.05) is 54.6 Å². The Balaban J connectivity index is 0.933. The molecule has 2 aromatic rings. The van der Waals surface area contributed by atoms with Gasteiger partial charge in [0.05, 0.1) is 0 Å². The van der Waals surface area contributed by atoms with Crippen LogP contribution in [0, 0.1) is 0 Å². The number of piperidine rings is 1. The summed E-state index contributed by atoms with van der Waals surface area (Å²) in [7, 11) is 0. The molecule has 37 heavy (non-hydrogen) atoms. The van der Waals surface area contributed by atoms with Crippen LogP contribution in [-0.4, -0.2) is 68.4 Å². The van der Waals surface area contributed by atoms with Crippen molar-refractivity contribution in [1.29, 1.82) is 0 Å². The molecule has 0 bridgehead atoms. The van der Waals surface area contributed by atoms with Crippen molar-refractivity contribution in [3.05, 3.63) is 24.0 Å². The lowest BCUT2D eigenvalue weighted by atomic mass is 9.91.